The van der Waals surface area contributed by atoms with Crippen LogP contribution in [0.2, 0.25) is 0 Å². The minimum Gasteiger partial charge on any atom is -0.490 e. The molecule has 6 heteroatoms. The first kappa shape index (κ1) is 23.3. The summed E-state index contributed by atoms with van der Waals surface area (Å²) in [6.07, 6.45) is 1.85. The SMILES string of the molecule is CCOc1cc(C=Nc2ccc(N3CCOCC3)cc2)cc(Br)c1OCc1ccc(C)cc1. The van der Waals surface area contributed by atoms with Crippen LogP contribution in [0.5, 0.6) is 11.5 Å². The lowest BCUT2D eigenvalue weighted by Crippen LogP contribution is -2.36. The lowest BCUT2D eigenvalue weighted by atomic mass is 10.1. The summed E-state index contributed by atoms with van der Waals surface area (Å²) in [5.74, 6) is 1.40. The number of halogens is 1. The molecule has 1 fully saturated rings. The third-order valence-electron chi connectivity index (χ3n) is 5.42. The molecule has 0 saturated carbocycles. The van der Waals surface area contributed by atoms with Crippen molar-refractivity contribution in [1.82, 2.24) is 0 Å². The second-order valence-corrected chi connectivity index (χ2v) is 8.77. The van der Waals surface area contributed by atoms with Crippen molar-refractivity contribution >= 4 is 33.5 Å². The summed E-state index contributed by atoms with van der Waals surface area (Å²) in [4.78, 5) is 6.98. The van der Waals surface area contributed by atoms with E-state index < -0.39 is 0 Å². The van der Waals surface area contributed by atoms with E-state index in [4.69, 9.17) is 14.2 Å². The molecule has 0 amide bonds. The van der Waals surface area contributed by atoms with Crippen LogP contribution in [0, 0.1) is 6.92 Å². The lowest BCUT2D eigenvalue weighted by Gasteiger charge is -2.28. The zero-order valence-corrected chi connectivity index (χ0v) is 20.7. The van der Waals surface area contributed by atoms with Crippen molar-refractivity contribution in [3.05, 3.63) is 81.8 Å². The molecule has 1 saturated heterocycles. The van der Waals surface area contributed by atoms with Crippen molar-refractivity contribution in [2.45, 2.75) is 20.5 Å². The van der Waals surface area contributed by atoms with E-state index in [2.05, 4.69) is 69.1 Å². The summed E-state index contributed by atoms with van der Waals surface area (Å²) in [5.41, 5.74) is 5.38. The van der Waals surface area contributed by atoms with E-state index in [1.165, 1.54) is 11.3 Å². The van der Waals surface area contributed by atoms with E-state index >= 15 is 0 Å². The van der Waals surface area contributed by atoms with Crippen LogP contribution in [-0.4, -0.2) is 39.1 Å². The van der Waals surface area contributed by atoms with Crippen molar-refractivity contribution in [2.75, 3.05) is 37.8 Å². The van der Waals surface area contributed by atoms with Crippen LogP contribution in [0.1, 0.15) is 23.6 Å². The van der Waals surface area contributed by atoms with Crippen molar-refractivity contribution in [3.8, 4) is 11.5 Å². The first-order valence-corrected chi connectivity index (χ1v) is 12.0. The van der Waals surface area contributed by atoms with Crippen molar-refractivity contribution < 1.29 is 14.2 Å². The van der Waals surface area contributed by atoms with Gasteiger partial charge in [0.15, 0.2) is 11.5 Å². The first-order chi connectivity index (χ1) is 16.1. The van der Waals surface area contributed by atoms with Crippen LogP contribution in [0.4, 0.5) is 11.4 Å². The Kier molecular flexibility index (Phi) is 8.02. The number of benzene rings is 3. The third-order valence-corrected chi connectivity index (χ3v) is 6.01. The number of nitrogens with zero attached hydrogens (tertiary/aromatic N) is 2. The van der Waals surface area contributed by atoms with E-state index in [1.807, 2.05) is 37.4 Å². The largest absolute Gasteiger partial charge is 0.490 e. The fourth-order valence-corrected chi connectivity index (χ4v) is 4.20. The highest BCUT2D eigenvalue weighted by Gasteiger charge is 2.13. The van der Waals surface area contributed by atoms with Gasteiger partial charge in [0.2, 0.25) is 0 Å². The van der Waals surface area contributed by atoms with Crippen molar-refractivity contribution in [2.24, 2.45) is 4.99 Å². The van der Waals surface area contributed by atoms with Gasteiger partial charge in [-0.2, -0.15) is 0 Å². The zero-order valence-electron chi connectivity index (χ0n) is 19.1. The Hall–Kier alpha value is -2.83. The topological polar surface area (TPSA) is 43.3 Å². The Labute approximate surface area is 204 Å². The van der Waals surface area contributed by atoms with Crippen LogP contribution in [0.3, 0.4) is 0 Å². The number of aryl methyl sites for hydroxylation is 1. The monoisotopic (exact) mass is 508 g/mol. The molecule has 1 aliphatic rings. The molecular weight excluding hydrogens is 480 g/mol. The Morgan fingerprint density at radius 1 is 1.00 bits per heavy atom. The molecule has 172 valence electrons. The van der Waals surface area contributed by atoms with Gasteiger partial charge in [-0.25, -0.2) is 0 Å². The average molecular weight is 509 g/mol. The Bertz CT molecular complexity index is 1080. The number of anilines is 1. The number of aliphatic imine (C=N–C) groups is 1. The van der Waals surface area contributed by atoms with E-state index in [9.17, 15) is 0 Å². The normalized spacial score (nSPS) is 14.0. The second kappa shape index (κ2) is 11.3. The van der Waals surface area contributed by atoms with Gasteiger partial charge in [0, 0.05) is 25.0 Å². The predicted molar refractivity (Wildman–Crippen MR) is 138 cm³/mol. The Morgan fingerprint density at radius 3 is 2.42 bits per heavy atom. The van der Waals surface area contributed by atoms with Gasteiger partial charge in [-0.05, 0) is 77.3 Å². The molecule has 0 radical (unpaired) electrons. The summed E-state index contributed by atoms with van der Waals surface area (Å²) in [6, 6.07) is 20.6. The third kappa shape index (κ3) is 6.36. The van der Waals surface area contributed by atoms with Gasteiger partial charge in [-0.3, -0.25) is 4.99 Å². The van der Waals surface area contributed by atoms with E-state index in [0.717, 1.165) is 47.6 Å². The van der Waals surface area contributed by atoms with Crippen LogP contribution in [0.15, 0.2) is 70.1 Å². The molecule has 0 unspecified atom stereocenters. The van der Waals surface area contributed by atoms with Gasteiger partial charge >= 0.3 is 0 Å². The summed E-state index contributed by atoms with van der Waals surface area (Å²) in [6.45, 7) is 8.48. The fraction of sp³-hybridized carbons (Fsp3) is 0.296. The second-order valence-electron chi connectivity index (χ2n) is 7.91. The number of hydrogen-bond donors (Lipinski definition) is 0. The lowest BCUT2D eigenvalue weighted by molar-refractivity contribution is 0.122. The molecule has 0 aromatic heterocycles. The molecule has 1 aliphatic heterocycles. The van der Waals surface area contributed by atoms with Gasteiger partial charge < -0.3 is 19.1 Å². The maximum atomic E-state index is 6.11. The van der Waals surface area contributed by atoms with Gasteiger partial charge in [0.25, 0.3) is 0 Å². The fourth-order valence-electron chi connectivity index (χ4n) is 3.63. The minimum absolute atomic E-state index is 0.474. The number of rotatable bonds is 8. The Balaban J connectivity index is 1.47. The van der Waals surface area contributed by atoms with Gasteiger partial charge in [0.1, 0.15) is 6.61 Å². The minimum atomic E-state index is 0.474. The molecule has 0 spiro atoms. The number of hydrogen-bond acceptors (Lipinski definition) is 5. The van der Waals surface area contributed by atoms with E-state index in [1.54, 1.807) is 0 Å². The van der Waals surface area contributed by atoms with E-state index in [0.29, 0.717) is 24.7 Å². The van der Waals surface area contributed by atoms with Crippen LogP contribution < -0.4 is 14.4 Å². The standard InChI is InChI=1S/C27H29BrN2O3/c1-3-32-26-17-22(16-25(28)27(26)33-19-21-6-4-20(2)5-7-21)18-29-23-8-10-24(11-9-23)30-12-14-31-15-13-30/h4-11,16-18H,3,12-15,19H2,1-2H3. The molecule has 4 rings (SSSR count). The molecular formula is C27H29BrN2O3. The molecule has 0 bridgehead atoms. The zero-order chi connectivity index (χ0) is 23.0. The van der Waals surface area contributed by atoms with Crippen LogP contribution in [-0.2, 0) is 11.3 Å². The van der Waals surface area contributed by atoms with Crippen LogP contribution >= 0.6 is 15.9 Å². The molecule has 0 aliphatic carbocycles. The Morgan fingerprint density at radius 2 is 1.73 bits per heavy atom. The average Bonchev–Trinajstić information content (AvgIpc) is 2.84. The smallest absolute Gasteiger partial charge is 0.175 e. The summed E-state index contributed by atoms with van der Waals surface area (Å²) >= 11 is 3.65. The number of ether oxygens (including phenoxy) is 3. The quantitative estimate of drug-likeness (QED) is 0.333. The highest BCUT2D eigenvalue weighted by molar-refractivity contribution is 9.10. The summed E-state index contributed by atoms with van der Waals surface area (Å²) in [7, 11) is 0. The molecule has 3 aromatic rings. The highest BCUT2D eigenvalue weighted by Crippen LogP contribution is 2.37. The molecule has 3 aromatic carbocycles. The molecule has 33 heavy (non-hydrogen) atoms. The van der Waals surface area contributed by atoms with Gasteiger partial charge in [0.05, 0.1) is 30.0 Å². The van der Waals surface area contributed by atoms with Gasteiger partial charge in [-0.1, -0.05) is 29.8 Å². The molecule has 5 nitrogen and oxygen atoms in total. The molecule has 1 heterocycles. The van der Waals surface area contributed by atoms with E-state index in [-0.39, 0.29) is 0 Å². The predicted octanol–water partition coefficient (Wildman–Crippen LogP) is 6.32. The number of morpholine rings is 1. The first-order valence-electron chi connectivity index (χ1n) is 11.2. The van der Waals surface area contributed by atoms with Gasteiger partial charge in [-0.15, -0.1) is 0 Å². The molecule has 0 atom stereocenters. The highest BCUT2D eigenvalue weighted by atomic mass is 79.9. The summed E-state index contributed by atoms with van der Waals surface area (Å²) in [5, 5.41) is 0. The maximum Gasteiger partial charge on any atom is 0.175 e. The van der Waals surface area contributed by atoms with Crippen LogP contribution in [0.25, 0.3) is 0 Å². The maximum absolute atomic E-state index is 6.11. The molecule has 0 N–H and O–H groups in total. The van der Waals surface area contributed by atoms with Crippen molar-refractivity contribution in [1.29, 1.82) is 0 Å². The summed E-state index contributed by atoms with van der Waals surface area (Å²) < 4.78 is 18.2. The van der Waals surface area contributed by atoms with Crippen molar-refractivity contribution in [3.63, 3.8) is 0 Å².